The van der Waals surface area contributed by atoms with Crippen molar-refractivity contribution in [1.82, 2.24) is 19.5 Å². The van der Waals surface area contributed by atoms with E-state index < -0.39 is 11.6 Å². The molecule has 0 atom stereocenters. The molecule has 116 valence electrons. The molecule has 4 rings (SSSR count). The number of fused-ring (bicyclic) bond motifs is 1. The quantitative estimate of drug-likeness (QED) is 0.806. The monoisotopic (exact) mass is 311 g/mol. The third kappa shape index (κ3) is 2.44. The van der Waals surface area contributed by atoms with Gasteiger partial charge < -0.3 is 4.57 Å². The Morgan fingerprint density at radius 3 is 2.87 bits per heavy atom. The second-order valence-corrected chi connectivity index (χ2v) is 5.78. The molecule has 1 aromatic carbocycles. The zero-order chi connectivity index (χ0) is 16.0. The molecule has 6 nitrogen and oxygen atoms in total. The van der Waals surface area contributed by atoms with Gasteiger partial charge in [-0.3, -0.25) is 10.1 Å². The van der Waals surface area contributed by atoms with Crippen LogP contribution in [0.5, 0.6) is 0 Å². The Morgan fingerprint density at radius 2 is 2.17 bits per heavy atom. The number of carbonyl (C=O) groups is 1. The number of benzene rings is 1. The maximum absolute atomic E-state index is 13.7. The van der Waals surface area contributed by atoms with Crippen molar-refractivity contribution in [2.45, 2.75) is 18.5 Å². The summed E-state index contributed by atoms with van der Waals surface area (Å²) in [6.07, 6.45) is 5.63. The fraction of sp³-hybridized carbons (Fsp3) is 0.250. The van der Waals surface area contributed by atoms with E-state index in [1.165, 1.54) is 0 Å². The van der Waals surface area contributed by atoms with Gasteiger partial charge in [0.2, 0.25) is 5.95 Å². The highest BCUT2D eigenvalue weighted by atomic mass is 19.1. The van der Waals surface area contributed by atoms with E-state index in [1.54, 1.807) is 18.7 Å². The smallest absolute Gasteiger partial charge is 0.264 e. The second-order valence-electron chi connectivity index (χ2n) is 5.78. The van der Waals surface area contributed by atoms with Crippen LogP contribution in [0.4, 0.5) is 10.3 Å². The number of imidazole rings is 1. The van der Waals surface area contributed by atoms with Gasteiger partial charge in [-0.1, -0.05) is 12.1 Å². The van der Waals surface area contributed by atoms with E-state index in [0.29, 0.717) is 5.52 Å². The Hall–Kier alpha value is -2.83. The van der Waals surface area contributed by atoms with Gasteiger partial charge in [0.1, 0.15) is 0 Å². The first kappa shape index (κ1) is 13.8. The molecule has 0 radical (unpaired) electrons. The summed E-state index contributed by atoms with van der Waals surface area (Å²) >= 11 is 0. The van der Waals surface area contributed by atoms with Gasteiger partial charge in [-0.05, 0) is 18.9 Å². The van der Waals surface area contributed by atoms with Crippen molar-refractivity contribution in [3.63, 3.8) is 0 Å². The van der Waals surface area contributed by atoms with Crippen molar-refractivity contribution in [1.29, 1.82) is 0 Å². The lowest BCUT2D eigenvalue weighted by molar-refractivity contribution is -0.122. The van der Waals surface area contributed by atoms with E-state index >= 15 is 0 Å². The molecule has 0 saturated heterocycles. The SMILES string of the molecule is Cn1cncc1-c1ccc2cnc(NC(=O)C3(F)CC3)nc2c1. The summed E-state index contributed by atoms with van der Waals surface area (Å²) in [6, 6.07) is 5.76. The van der Waals surface area contributed by atoms with Crippen LogP contribution < -0.4 is 5.32 Å². The third-order valence-electron chi connectivity index (χ3n) is 4.02. The molecule has 0 unspecified atom stereocenters. The molecule has 1 aliphatic carbocycles. The topological polar surface area (TPSA) is 72.7 Å². The van der Waals surface area contributed by atoms with Crippen molar-refractivity contribution in [3.8, 4) is 11.3 Å². The Balaban J connectivity index is 1.69. The van der Waals surface area contributed by atoms with E-state index in [9.17, 15) is 9.18 Å². The van der Waals surface area contributed by atoms with Crippen molar-refractivity contribution in [2.75, 3.05) is 5.32 Å². The summed E-state index contributed by atoms with van der Waals surface area (Å²) < 4.78 is 15.6. The number of hydrogen-bond donors (Lipinski definition) is 1. The second kappa shape index (κ2) is 4.84. The van der Waals surface area contributed by atoms with Gasteiger partial charge in [-0.25, -0.2) is 19.3 Å². The normalized spacial score (nSPS) is 15.6. The number of anilines is 1. The van der Waals surface area contributed by atoms with Gasteiger partial charge in [0, 0.05) is 24.2 Å². The highest BCUT2D eigenvalue weighted by molar-refractivity contribution is 5.98. The van der Waals surface area contributed by atoms with Crippen molar-refractivity contribution in [2.24, 2.45) is 7.05 Å². The molecule has 2 heterocycles. The van der Waals surface area contributed by atoms with Gasteiger partial charge in [-0.2, -0.15) is 0 Å². The van der Waals surface area contributed by atoms with E-state index in [1.807, 2.05) is 29.8 Å². The number of hydrogen-bond acceptors (Lipinski definition) is 4. The van der Waals surface area contributed by atoms with E-state index in [-0.39, 0.29) is 18.8 Å². The molecule has 1 amide bonds. The third-order valence-corrected chi connectivity index (χ3v) is 4.02. The number of aromatic nitrogens is 4. The van der Waals surface area contributed by atoms with E-state index in [2.05, 4.69) is 20.3 Å². The van der Waals surface area contributed by atoms with Gasteiger partial charge >= 0.3 is 0 Å². The van der Waals surface area contributed by atoms with Crippen LogP contribution in [0.1, 0.15) is 12.8 Å². The van der Waals surface area contributed by atoms with Crippen LogP contribution in [-0.2, 0) is 11.8 Å². The molecule has 3 aromatic rings. The molecule has 1 saturated carbocycles. The first-order valence-electron chi connectivity index (χ1n) is 7.29. The Labute approximate surface area is 131 Å². The molecular weight excluding hydrogens is 297 g/mol. The lowest BCUT2D eigenvalue weighted by Crippen LogP contribution is -2.26. The summed E-state index contributed by atoms with van der Waals surface area (Å²) in [4.78, 5) is 24.2. The fourth-order valence-electron chi connectivity index (χ4n) is 2.43. The first-order chi connectivity index (χ1) is 11.0. The molecule has 2 aromatic heterocycles. The predicted molar refractivity (Wildman–Crippen MR) is 83.4 cm³/mol. The predicted octanol–water partition coefficient (Wildman–Crippen LogP) is 2.47. The largest absolute Gasteiger partial charge is 0.334 e. The average molecular weight is 311 g/mol. The number of carbonyl (C=O) groups excluding carboxylic acids is 1. The molecule has 0 spiro atoms. The number of rotatable bonds is 3. The van der Waals surface area contributed by atoms with Gasteiger partial charge in [0.05, 0.1) is 23.7 Å². The first-order valence-corrected chi connectivity index (χ1v) is 7.29. The van der Waals surface area contributed by atoms with Crippen molar-refractivity contribution < 1.29 is 9.18 Å². The van der Waals surface area contributed by atoms with Crippen LogP contribution in [0.3, 0.4) is 0 Å². The summed E-state index contributed by atoms with van der Waals surface area (Å²) in [7, 11) is 1.91. The fourth-order valence-corrected chi connectivity index (χ4v) is 2.43. The number of nitrogens with zero attached hydrogens (tertiary/aromatic N) is 4. The van der Waals surface area contributed by atoms with Crippen molar-refractivity contribution >= 4 is 22.8 Å². The number of nitrogens with one attached hydrogen (secondary N) is 1. The number of halogens is 1. The molecule has 1 aliphatic rings. The van der Waals surface area contributed by atoms with Gasteiger partial charge in [-0.15, -0.1) is 0 Å². The Bertz CT molecular complexity index is 916. The molecule has 1 N–H and O–H groups in total. The molecule has 7 heteroatoms. The number of alkyl halides is 1. The highest BCUT2D eigenvalue weighted by Crippen LogP contribution is 2.40. The molecule has 0 aliphatic heterocycles. The molecule has 23 heavy (non-hydrogen) atoms. The minimum absolute atomic E-state index is 0.119. The molecular formula is C16H14FN5O. The van der Waals surface area contributed by atoms with Gasteiger partial charge in [0.15, 0.2) is 5.67 Å². The zero-order valence-electron chi connectivity index (χ0n) is 12.5. The zero-order valence-corrected chi connectivity index (χ0v) is 12.5. The lowest BCUT2D eigenvalue weighted by atomic mass is 10.1. The Morgan fingerprint density at radius 1 is 1.35 bits per heavy atom. The number of amides is 1. The Kier molecular flexibility index (Phi) is 2.90. The minimum atomic E-state index is -1.74. The summed E-state index contributed by atoms with van der Waals surface area (Å²) in [6.45, 7) is 0. The summed E-state index contributed by atoms with van der Waals surface area (Å²) in [5, 5.41) is 3.29. The minimum Gasteiger partial charge on any atom is -0.334 e. The summed E-state index contributed by atoms with van der Waals surface area (Å²) in [5.74, 6) is -0.548. The molecule has 1 fully saturated rings. The maximum Gasteiger partial charge on any atom is 0.264 e. The standard InChI is InChI=1S/C16H14FN5O/c1-22-9-18-8-13(22)10-2-3-11-7-19-15(20-12(11)6-10)21-14(23)16(17)4-5-16/h2-3,6-9H,4-5H2,1H3,(H,19,20,21,23). The average Bonchev–Trinajstić information content (AvgIpc) is 3.15. The van der Waals surface area contributed by atoms with E-state index in [0.717, 1.165) is 16.6 Å². The molecule has 0 bridgehead atoms. The highest BCUT2D eigenvalue weighted by Gasteiger charge is 2.51. The van der Waals surface area contributed by atoms with Crippen LogP contribution in [0.2, 0.25) is 0 Å². The van der Waals surface area contributed by atoms with Crippen LogP contribution >= 0.6 is 0 Å². The van der Waals surface area contributed by atoms with Crippen LogP contribution in [0.15, 0.2) is 36.9 Å². The van der Waals surface area contributed by atoms with E-state index in [4.69, 9.17) is 0 Å². The van der Waals surface area contributed by atoms with Crippen LogP contribution in [0.25, 0.3) is 22.2 Å². The van der Waals surface area contributed by atoms with Crippen LogP contribution in [0, 0.1) is 0 Å². The maximum atomic E-state index is 13.7. The number of aryl methyl sites for hydroxylation is 1. The van der Waals surface area contributed by atoms with Crippen molar-refractivity contribution in [3.05, 3.63) is 36.9 Å². The lowest BCUT2D eigenvalue weighted by Gasteiger charge is -2.08. The van der Waals surface area contributed by atoms with Gasteiger partial charge in [0.25, 0.3) is 5.91 Å². The summed E-state index contributed by atoms with van der Waals surface area (Å²) in [5.41, 5.74) is 0.849. The van der Waals surface area contributed by atoms with Crippen LogP contribution in [-0.4, -0.2) is 31.1 Å².